The van der Waals surface area contributed by atoms with E-state index in [-0.39, 0.29) is 16.9 Å². The van der Waals surface area contributed by atoms with Crippen molar-refractivity contribution >= 4 is 27.5 Å². The second-order valence-electron chi connectivity index (χ2n) is 6.33. The summed E-state index contributed by atoms with van der Waals surface area (Å²) in [4.78, 5) is 0. The van der Waals surface area contributed by atoms with E-state index in [0.717, 1.165) is 18.8 Å². The van der Waals surface area contributed by atoms with Crippen molar-refractivity contribution in [2.45, 2.75) is 45.6 Å². The smallest absolute Gasteiger partial charge is 0.147 e. The first kappa shape index (κ1) is 17.2. The Morgan fingerprint density at radius 1 is 1.24 bits per heavy atom. The lowest BCUT2D eigenvalue weighted by atomic mass is 9.73. The van der Waals surface area contributed by atoms with Gasteiger partial charge in [0.2, 0.25) is 0 Å². The van der Waals surface area contributed by atoms with E-state index in [4.69, 9.17) is 17.4 Å². The fourth-order valence-electron chi connectivity index (χ4n) is 3.41. The predicted octanol–water partition coefficient (Wildman–Crippen LogP) is 5.21. The second kappa shape index (κ2) is 7.40. The van der Waals surface area contributed by atoms with E-state index in [1.165, 1.54) is 12.8 Å². The molecule has 2 rings (SSSR count). The molecule has 1 aliphatic rings. The molecule has 3 N–H and O–H groups in total. The number of nitrogens with one attached hydrogen (secondary N) is 1. The Bertz CT molecular complexity index is 487. The minimum atomic E-state index is -0.375. The first-order valence-corrected chi connectivity index (χ1v) is 8.72. The molecule has 0 aromatic heterocycles. The molecule has 1 saturated carbocycles. The van der Waals surface area contributed by atoms with Gasteiger partial charge in [-0.15, -0.1) is 0 Å². The average Bonchev–Trinajstić information content (AvgIpc) is 2.48. The van der Waals surface area contributed by atoms with Crippen LogP contribution in [0.15, 0.2) is 16.6 Å². The second-order valence-corrected chi connectivity index (χ2v) is 7.56. The summed E-state index contributed by atoms with van der Waals surface area (Å²) >= 11 is 9.24. The highest BCUT2D eigenvalue weighted by Crippen LogP contribution is 2.41. The van der Waals surface area contributed by atoms with Gasteiger partial charge in [-0.1, -0.05) is 31.5 Å². The minimum Gasteiger partial charge on any atom is -0.271 e. The van der Waals surface area contributed by atoms with Crippen LogP contribution in [-0.2, 0) is 0 Å². The quantitative estimate of drug-likeness (QED) is 0.429. The molecule has 5 heteroatoms. The third-order valence-corrected chi connectivity index (χ3v) is 6.07. The molecule has 0 saturated heterocycles. The molecule has 2 nitrogen and oxygen atoms in total. The van der Waals surface area contributed by atoms with Gasteiger partial charge in [0.1, 0.15) is 5.82 Å². The topological polar surface area (TPSA) is 38.0 Å². The molecule has 0 bridgehead atoms. The summed E-state index contributed by atoms with van der Waals surface area (Å²) in [5, 5.41) is 0.128. The summed E-state index contributed by atoms with van der Waals surface area (Å²) in [5.41, 5.74) is 3.37. The van der Waals surface area contributed by atoms with Crippen LogP contribution in [0.3, 0.4) is 0 Å². The molecule has 1 unspecified atom stereocenters. The fourth-order valence-corrected chi connectivity index (χ4v) is 3.88. The van der Waals surface area contributed by atoms with Crippen molar-refractivity contribution in [3.63, 3.8) is 0 Å². The highest BCUT2D eigenvalue weighted by molar-refractivity contribution is 9.10. The third kappa shape index (κ3) is 3.79. The number of rotatable bonds is 4. The predicted molar refractivity (Wildman–Crippen MR) is 89.5 cm³/mol. The third-order valence-electron chi connectivity index (χ3n) is 4.81. The van der Waals surface area contributed by atoms with Crippen LogP contribution in [0.4, 0.5) is 4.39 Å². The highest BCUT2D eigenvalue weighted by Gasteiger charge is 2.31. The van der Waals surface area contributed by atoms with E-state index < -0.39 is 0 Å². The zero-order valence-electron chi connectivity index (χ0n) is 12.5. The molecule has 1 aromatic rings. The number of halogens is 3. The highest BCUT2D eigenvalue weighted by atomic mass is 79.9. The van der Waals surface area contributed by atoms with Crippen LogP contribution < -0.4 is 11.3 Å². The molecule has 0 aliphatic heterocycles. The maximum absolute atomic E-state index is 14.4. The molecule has 1 atom stereocenters. The van der Waals surface area contributed by atoms with Crippen LogP contribution in [0, 0.1) is 23.6 Å². The summed E-state index contributed by atoms with van der Waals surface area (Å²) < 4.78 is 15.0. The summed E-state index contributed by atoms with van der Waals surface area (Å²) in [6.07, 6.45) is 4.52. The first-order chi connectivity index (χ1) is 9.95. The van der Waals surface area contributed by atoms with Gasteiger partial charge in [-0.05, 0) is 65.4 Å². The lowest BCUT2D eigenvalue weighted by Crippen LogP contribution is -2.36. The Hall–Kier alpha value is -0.160. The molecular weight excluding hydrogens is 355 g/mol. The summed E-state index contributed by atoms with van der Waals surface area (Å²) in [7, 11) is 0. The van der Waals surface area contributed by atoms with Crippen molar-refractivity contribution in [3.05, 3.63) is 33.0 Å². The van der Waals surface area contributed by atoms with Crippen LogP contribution >= 0.6 is 27.5 Å². The van der Waals surface area contributed by atoms with Gasteiger partial charge in [-0.25, -0.2) is 4.39 Å². The van der Waals surface area contributed by atoms with Gasteiger partial charge in [0.15, 0.2) is 0 Å². The number of benzene rings is 1. The minimum absolute atomic E-state index is 0.128. The van der Waals surface area contributed by atoms with E-state index in [0.29, 0.717) is 21.9 Å². The van der Waals surface area contributed by atoms with E-state index in [1.54, 1.807) is 12.1 Å². The standard InChI is InChI=1S/C16H23BrClFN2/c1-9(2)10-3-5-11(6-4-10)16(21-20)12-7-8-13(17)14(18)15(12)19/h7-11,16,21H,3-6,20H2,1-2H3. The van der Waals surface area contributed by atoms with Gasteiger partial charge in [0.25, 0.3) is 0 Å². The van der Waals surface area contributed by atoms with Gasteiger partial charge in [0.05, 0.1) is 11.1 Å². The van der Waals surface area contributed by atoms with Gasteiger partial charge >= 0.3 is 0 Å². The van der Waals surface area contributed by atoms with Crippen LogP contribution in [0.25, 0.3) is 0 Å². The number of hydrogen-bond acceptors (Lipinski definition) is 2. The Labute approximate surface area is 139 Å². The Morgan fingerprint density at radius 2 is 1.81 bits per heavy atom. The van der Waals surface area contributed by atoms with E-state index in [1.807, 2.05) is 0 Å². The SMILES string of the molecule is CC(C)C1CCC(C(NN)c2ccc(Br)c(Cl)c2F)CC1. The normalized spacial score (nSPS) is 24.3. The molecule has 0 spiro atoms. The molecule has 1 aromatic carbocycles. The molecular formula is C16H23BrClFN2. The lowest BCUT2D eigenvalue weighted by Gasteiger charge is -2.35. The van der Waals surface area contributed by atoms with Gasteiger partial charge in [-0.2, -0.15) is 0 Å². The van der Waals surface area contributed by atoms with Crippen LogP contribution in [0.5, 0.6) is 0 Å². The summed E-state index contributed by atoms with van der Waals surface area (Å²) in [5.74, 6) is 7.19. The van der Waals surface area contributed by atoms with Crippen molar-refractivity contribution in [2.24, 2.45) is 23.6 Å². The van der Waals surface area contributed by atoms with Crippen molar-refractivity contribution in [1.82, 2.24) is 5.43 Å². The molecule has 1 fully saturated rings. The molecule has 118 valence electrons. The van der Waals surface area contributed by atoms with Gasteiger partial charge < -0.3 is 0 Å². The molecule has 21 heavy (non-hydrogen) atoms. The number of hydrazine groups is 1. The van der Waals surface area contributed by atoms with Crippen LogP contribution in [-0.4, -0.2) is 0 Å². The van der Waals surface area contributed by atoms with Gasteiger partial charge in [-0.3, -0.25) is 11.3 Å². The first-order valence-electron chi connectivity index (χ1n) is 7.55. The molecule has 1 aliphatic carbocycles. The van der Waals surface area contributed by atoms with E-state index >= 15 is 0 Å². The maximum atomic E-state index is 14.4. The lowest BCUT2D eigenvalue weighted by molar-refractivity contribution is 0.187. The van der Waals surface area contributed by atoms with Gasteiger partial charge in [0, 0.05) is 10.0 Å². The Balaban J connectivity index is 2.16. The largest absolute Gasteiger partial charge is 0.271 e. The summed E-state index contributed by atoms with van der Waals surface area (Å²) in [6.45, 7) is 4.55. The van der Waals surface area contributed by atoms with Crippen LogP contribution in [0.2, 0.25) is 5.02 Å². The molecule has 0 amide bonds. The molecule has 0 radical (unpaired) electrons. The van der Waals surface area contributed by atoms with Crippen LogP contribution in [0.1, 0.15) is 51.1 Å². The average molecular weight is 378 g/mol. The van der Waals surface area contributed by atoms with Crippen molar-refractivity contribution in [1.29, 1.82) is 0 Å². The number of hydrogen-bond donors (Lipinski definition) is 2. The van der Waals surface area contributed by atoms with E-state index in [9.17, 15) is 4.39 Å². The summed E-state index contributed by atoms with van der Waals surface area (Å²) in [6, 6.07) is 3.37. The zero-order chi connectivity index (χ0) is 15.6. The molecule has 0 heterocycles. The van der Waals surface area contributed by atoms with E-state index in [2.05, 4.69) is 35.2 Å². The van der Waals surface area contributed by atoms with Crippen molar-refractivity contribution in [3.8, 4) is 0 Å². The van der Waals surface area contributed by atoms with Crippen molar-refractivity contribution < 1.29 is 4.39 Å². The zero-order valence-corrected chi connectivity index (χ0v) is 14.8. The Kier molecular flexibility index (Phi) is 6.06. The maximum Gasteiger partial charge on any atom is 0.147 e. The number of nitrogens with two attached hydrogens (primary N) is 1. The monoisotopic (exact) mass is 376 g/mol. The van der Waals surface area contributed by atoms with Crippen molar-refractivity contribution in [2.75, 3.05) is 0 Å². The Morgan fingerprint density at radius 3 is 2.33 bits per heavy atom. The fraction of sp³-hybridized carbons (Fsp3) is 0.625.